The Morgan fingerprint density at radius 3 is 2.22 bits per heavy atom. The van der Waals surface area contributed by atoms with Gasteiger partial charge in [0, 0.05) is 6.54 Å². The molecule has 3 unspecified atom stereocenters. The van der Waals surface area contributed by atoms with E-state index in [2.05, 4.69) is 16.0 Å². The molecule has 2 saturated carbocycles. The molecule has 0 aromatic carbocycles. The largest absolute Gasteiger partial charge is 0.465 e. The van der Waals surface area contributed by atoms with Gasteiger partial charge in [0.1, 0.15) is 5.57 Å². The summed E-state index contributed by atoms with van der Waals surface area (Å²) in [6.07, 6.45) is 1.83. The van der Waals surface area contributed by atoms with E-state index in [1.807, 2.05) is 0 Å². The number of halogens is 3. The van der Waals surface area contributed by atoms with Gasteiger partial charge < -0.3 is 4.74 Å². The highest BCUT2D eigenvalue weighted by Gasteiger charge is 2.39. The van der Waals surface area contributed by atoms with Gasteiger partial charge in [-0.05, 0) is 37.0 Å². The summed E-state index contributed by atoms with van der Waals surface area (Å²) in [5.74, 6) is 0.872. The van der Waals surface area contributed by atoms with E-state index in [4.69, 9.17) is 0 Å². The Labute approximate surface area is 134 Å². The quantitative estimate of drug-likeness (QED) is 0.619. The number of alkyl halides is 3. The van der Waals surface area contributed by atoms with E-state index in [9.17, 15) is 26.4 Å². The predicted octanol–water partition coefficient (Wildman–Crippen LogP) is 2.25. The van der Waals surface area contributed by atoms with Crippen LogP contribution in [-0.4, -0.2) is 40.5 Å². The van der Waals surface area contributed by atoms with Crippen LogP contribution in [0.1, 0.15) is 25.7 Å². The third-order valence-electron chi connectivity index (χ3n) is 4.27. The molecule has 2 aliphatic rings. The lowest BCUT2D eigenvalue weighted by Crippen LogP contribution is -2.30. The zero-order chi connectivity index (χ0) is 17.8. The number of esters is 1. The first kappa shape index (κ1) is 20.0. The summed E-state index contributed by atoms with van der Waals surface area (Å²) in [5, 5.41) is 0. The van der Waals surface area contributed by atoms with Crippen molar-refractivity contribution in [3.63, 3.8) is 0 Å². The molecule has 0 radical (unpaired) electrons. The molecular weight excluding hydrogens is 335 g/mol. The monoisotopic (exact) mass is 357 g/mol. The Hall–Kier alpha value is -1.09. The lowest BCUT2D eigenvalue weighted by molar-refractivity contribution is -0.147. The predicted molar refractivity (Wildman–Crippen MR) is 79.0 cm³/mol. The van der Waals surface area contributed by atoms with Crippen LogP contribution in [0.15, 0.2) is 12.2 Å². The van der Waals surface area contributed by atoms with Gasteiger partial charge in [-0.15, -0.1) is 0 Å². The van der Waals surface area contributed by atoms with Crippen LogP contribution < -0.4 is 4.72 Å². The molecule has 0 aromatic heterocycles. The lowest BCUT2D eigenvalue weighted by Gasteiger charge is -2.21. The molecule has 5 nitrogen and oxygen atoms in total. The Morgan fingerprint density at radius 1 is 1.30 bits per heavy atom. The van der Waals surface area contributed by atoms with Crippen molar-refractivity contribution in [1.82, 2.24) is 4.72 Å². The fourth-order valence-corrected chi connectivity index (χ4v) is 3.64. The van der Waals surface area contributed by atoms with Crippen molar-refractivity contribution < 1.29 is 31.1 Å². The molecule has 2 fully saturated rings. The van der Waals surface area contributed by atoms with Gasteiger partial charge in [-0.1, -0.05) is 13.0 Å². The van der Waals surface area contributed by atoms with Crippen molar-refractivity contribution in [2.75, 3.05) is 19.9 Å². The van der Waals surface area contributed by atoms with E-state index in [1.54, 1.807) is 0 Å². The third-order valence-corrected chi connectivity index (χ3v) is 4.96. The van der Waals surface area contributed by atoms with Crippen LogP contribution >= 0.6 is 0 Å². The van der Waals surface area contributed by atoms with Gasteiger partial charge in [0.25, 0.3) is 0 Å². The van der Waals surface area contributed by atoms with Gasteiger partial charge in [-0.3, -0.25) is 0 Å². The highest BCUT2D eigenvalue weighted by molar-refractivity contribution is 7.88. The van der Waals surface area contributed by atoms with Gasteiger partial charge in [0.05, 0.1) is 13.4 Å². The molecular formula is C14H22F3NO4S. The maximum absolute atomic E-state index is 11.5. The van der Waals surface area contributed by atoms with E-state index >= 15 is 0 Å². The number of carbonyl (C=O) groups excluding carboxylic acids is 1. The van der Waals surface area contributed by atoms with Crippen molar-refractivity contribution in [3.05, 3.63) is 12.2 Å². The summed E-state index contributed by atoms with van der Waals surface area (Å²) in [6.45, 7) is 3.16. The summed E-state index contributed by atoms with van der Waals surface area (Å²) >= 11 is 0. The molecule has 23 heavy (non-hydrogen) atoms. The number of fused-ring (bicyclic) bond motifs is 2. The van der Waals surface area contributed by atoms with Crippen molar-refractivity contribution >= 4 is 16.0 Å². The maximum Gasteiger partial charge on any atom is 0.422 e. The Morgan fingerprint density at radius 2 is 1.91 bits per heavy atom. The van der Waals surface area contributed by atoms with E-state index in [1.165, 1.54) is 31.9 Å². The maximum atomic E-state index is 11.5. The number of sulfonamides is 1. The average Bonchev–Trinajstić information content (AvgIpc) is 3.04. The SMILES string of the molecule is C=C(C(=O)OC)C(F)(F)F.CS(=O)(=O)NCC1CC2CCC1C2. The van der Waals surface area contributed by atoms with Crippen molar-refractivity contribution in [2.45, 2.75) is 31.9 Å². The molecule has 0 spiro atoms. The van der Waals surface area contributed by atoms with Crippen LogP contribution in [0.4, 0.5) is 13.2 Å². The fourth-order valence-electron chi connectivity index (χ4n) is 3.12. The first-order chi connectivity index (χ1) is 10.4. The number of hydrogen-bond donors (Lipinski definition) is 1. The first-order valence-electron chi connectivity index (χ1n) is 7.23. The minimum atomic E-state index is -4.69. The average molecular weight is 357 g/mol. The van der Waals surface area contributed by atoms with E-state index in [-0.39, 0.29) is 0 Å². The van der Waals surface area contributed by atoms with Crippen LogP contribution in [0.2, 0.25) is 0 Å². The number of methoxy groups -OCH3 is 1. The molecule has 0 saturated heterocycles. The first-order valence-corrected chi connectivity index (χ1v) is 9.12. The second-order valence-electron chi connectivity index (χ2n) is 6.02. The molecule has 2 aliphatic carbocycles. The second kappa shape index (κ2) is 7.65. The zero-order valence-electron chi connectivity index (χ0n) is 13.1. The molecule has 2 bridgehead atoms. The smallest absolute Gasteiger partial charge is 0.422 e. The van der Waals surface area contributed by atoms with E-state index < -0.39 is 27.7 Å². The van der Waals surface area contributed by atoms with E-state index in [0.29, 0.717) is 12.5 Å². The Balaban J connectivity index is 0.000000241. The molecule has 0 aliphatic heterocycles. The number of nitrogens with one attached hydrogen (secondary N) is 1. The number of rotatable bonds is 4. The van der Waals surface area contributed by atoms with Crippen LogP contribution in [0.25, 0.3) is 0 Å². The summed E-state index contributed by atoms with van der Waals surface area (Å²) < 4.78 is 62.6. The number of hydrogen-bond acceptors (Lipinski definition) is 4. The molecule has 0 aromatic rings. The molecule has 1 N–H and O–H groups in total. The topological polar surface area (TPSA) is 72.5 Å². The van der Waals surface area contributed by atoms with Crippen LogP contribution in [0.3, 0.4) is 0 Å². The van der Waals surface area contributed by atoms with Crippen LogP contribution in [-0.2, 0) is 19.6 Å². The summed E-state index contributed by atoms with van der Waals surface area (Å²) in [5.41, 5.74) is -1.49. The van der Waals surface area contributed by atoms with Gasteiger partial charge in [-0.25, -0.2) is 17.9 Å². The molecule has 9 heteroatoms. The zero-order valence-corrected chi connectivity index (χ0v) is 14.0. The minimum Gasteiger partial charge on any atom is -0.465 e. The molecule has 2 rings (SSSR count). The Kier molecular flexibility index (Phi) is 6.64. The standard InChI is InChI=1S/C9H17NO2S.C5H5F3O2/c1-13(11,12)10-6-9-5-7-2-3-8(9)4-7;1-3(4(9)10-2)5(6,7)8/h7-10H,2-6H2,1H3;1H2,2H3. The van der Waals surface area contributed by atoms with Crippen molar-refractivity contribution in [1.29, 1.82) is 0 Å². The molecule has 0 amide bonds. The van der Waals surface area contributed by atoms with Gasteiger partial charge in [0.2, 0.25) is 10.0 Å². The van der Waals surface area contributed by atoms with Crippen LogP contribution in [0, 0.1) is 17.8 Å². The van der Waals surface area contributed by atoms with Gasteiger partial charge in [0.15, 0.2) is 0 Å². The summed E-state index contributed by atoms with van der Waals surface area (Å²) in [4.78, 5) is 10.1. The Bertz CT molecular complexity index is 545. The van der Waals surface area contributed by atoms with E-state index in [0.717, 1.165) is 18.9 Å². The highest BCUT2D eigenvalue weighted by Crippen LogP contribution is 2.47. The minimum absolute atomic E-state index is 0.619. The van der Waals surface area contributed by atoms with Crippen molar-refractivity contribution in [2.24, 2.45) is 17.8 Å². The number of ether oxygens (including phenoxy) is 1. The van der Waals surface area contributed by atoms with Crippen molar-refractivity contribution in [3.8, 4) is 0 Å². The summed E-state index contributed by atoms with van der Waals surface area (Å²) in [7, 11) is -2.12. The second-order valence-corrected chi connectivity index (χ2v) is 7.86. The fraction of sp³-hybridized carbons (Fsp3) is 0.786. The normalized spacial score (nSPS) is 26.4. The lowest BCUT2D eigenvalue weighted by atomic mass is 9.89. The van der Waals surface area contributed by atoms with Crippen LogP contribution in [0.5, 0.6) is 0 Å². The third kappa shape index (κ3) is 6.50. The summed E-state index contributed by atoms with van der Waals surface area (Å²) in [6, 6.07) is 0. The molecule has 3 atom stereocenters. The molecule has 0 heterocycles. The number of carbonyl (C=O) groups is 1. The van der Waals surface area contributed by atoms with Gasteiger partial charge in [-0.2, -0.15) is 13.2 Å². The highest BCUT2D eigenvalue weighted by atomic mass is 32.2. The molecule has 134 valence electrons. The van der Waals surface area contributed by atoms with Gasteiger partial charge >= 0.3 is 12.1 Å².